The lowest BCUT2D eigenvalue weighted by molar-refractivity contribution is 0.741. The van der Waals surface area contributed by atoms with Crippen molar-refractivity contribution < 1.29 is 0 Å². The average Bonchev–Trinajstić information content (AvgIpc) is 3.43. The maximum Gasteiger partial charge on any atom is 0.253 e. The van der Waals surface area contributed by atoms with Crippen molar-refractivity contribution in [2.75, 3.05) is 5.32 Å². The number of benzene rings is 1. The summed E-state index contributed by atoms with van der Waals surface area (Å²) in [5, 5.41) is 16.4. The predicted molar refractivity (Wildman–Crippen MR) is 104 cm³/mol. The molecule has 0 unspecified atom stereocenters. The monoisotopic (exact) mass is 394 g/mol. The highest BCUT2D eigenvalue weighted by molar-refractivity contribution is 6.31. The molecule has 1 saturated carbocycles. The summed E-state index contributed by atoms with van der Waals surface area (Å²) in [6.07, 6.45) is 3.81. The van der Waals surface area contributed by atoms with Crippen molar-refractivity contribution in [1.29, 1.82) is 0 Å². The number of tetrazole rings is 1. The molecule has 2 N–H and O–H groups in total. The van der Waals surface area contributed by atoms with Crippen molar-refractivity contribution in [3.05, 3.63) is 63.3 Å². The summed E-state index contributed by atoms with van der Waals surface area (Å²) in [6.45, 7) is 0.270. The lowest BCUT2D eigenvalue weighted by Gasteiger charge is -2.08. The maximum absolute atomic E-state index is 12.3. The second-order valence-corrected chi connectivity index (χ2v) is 7.11. The minimum Gasteiger partial charge on any atom is -0.350 e. The predicted octanol–water partition coefficient (Wildman–Crippen LogP) is 2.44. The fourth-order valence-corrected chi connectivity index (χ4v) is 3.21. The van der Waals surface area contributed by atoms with Gasteiger partial charge in [-0.15, -0.1) is 5.10 Å². The van der Waals surface area contributed by atoms with E-state index in [9.17, 15) is 4.79 Å². The van der Waals surface area contributed by atoms with Crippen LogP contribution in [0.2, 0.25) is 5.02 Å². The number of nitrogens with one attached hydrogen (secondary N) is 2. The van der Waals surface area contributed by atoms with Crippen LogP contribution in [0.5, 0.6) is 0 Å². The van der Waals surface area contributed by atoms with Gasteiger partial charge in [-0.2, -0.15) is 9.67 Å². The third-order valence-electron chi connectivity index (χ3n) is 4.61. The van der Waals surface area contributed by atoms with Gasteiger partial charge in [0.2, 0.25) is 5.95 Å². The van der Waals surface area contributed by atoms with Crippen LogP contribution < -0.4 is 10.9 Å². The molecule has 3 aromatic heterocycles. The smallest absolute Gasteiger partial charge is 0.253 e. The summed E-state index contributed by atoms with van der Waals surface area (Å²) < 4.78 is 1.63. The van der Waals surface area contributed by atoms with E-state index in [-0.39, 0.29) is 12.1 Å². The molecule has 10 heteroatoms. The Morgan fingerprint density at radius 2 is 2.14 bits per heavy atom. The van der Waals surface area contributed by atoms with Crippen LogP contribution in [0, 0.1) is 0 Å². The minimum atomic E-state index is -0.171. The zero-order valence-corrected chi connectivity index (χ0v) is 15.4. The molecule has 1 aliphatic rings. The maximum atomic E-state index is 12.3. The molecule has 0 atom stereocenters. The Balaban J connectivity index is 1.40. The Bertz CT molecular complexity index is 1230. The molecule has 0 aliphatic heterocycles. The summed E-state index contributed by atoms with van der Waals surface area (Å²) in [5.74, 6) is 2.18. The van der Waals surface area contributed by atoms with Crippen molar-refractivity contribution in [3.63, 3.8) is 0 Å². The molecule has 1 fully saturated rings. The van der Waals surface area contributed by atoms with Gasteiger partial charge in [-0.1, -0.05) is 11.6 Å². The van der Waals surface area contributed by atoms with Gasteiger partial charge in [-0.25, -0.2) is 4.98 Å². The first-order valence-corrected chi connectivity index (χ1v) is 9.22. The molecule has 3 heterocycles. The van der Waals surface area contributed by atoms with Crippen LogP contribution in [0.1, 0.15) is 30.1 Å². The van der Waals surface area contributed by atoms with Crippen molar-refractivity contribution in [3.8, 4) is 5.82 Å². The fraction of sp³-hybridized carbons (Fsp3) is 0.222. The summed E-state index contributed by atoms with van der Waals surface area (Å²) >= 11 is 6.04. The van der Waals surface area contributed by atoms with E-state index < -0.39 is 0 Å². The number of hydrogen-bond donors (Lipinski definition) is 2. The third-order valence-corrected chi connectivity index (χ3v) is 4.85. The second kappa shape index (κ2) is 6.68. The van der Waals surface area contributed by atoms with E-state index >= 15 is 0 Å². The molecule has 0 amide bonds. The number of anilines is 1. The molecule has 9 nitrogen and oxygen atoms in total. The van der Waals surface area contributed by atoms with Crippen LogP contribution >= 0.6 is 11.6 Å². The van der Waals surface area contributed by atoms with E-state index in [4.69, 9.17) is 11.6 Å². The third kappa shape index (κ3) is 3.20. The van der Waals surface area contributed by atoms with Gasteiger partial charge in [-0.05, 0) is 47.5 Å². The Labute approximate surface area is 163 Å². The molecule has 0 spiro atoms. The quantitative estimate of drug-likeness (QED) is 0.534. The van der Waals surface area contributed by atoms with Gasteiger partial charge in [0, 0.05) is 46.2 Å². The van der Waals surface area contributed by atoms with Crippen LogP contribution in [-0.4, -0.2) is 35.2 Å². The van der Waals surface area contributed by atoms with E-state index in [2.05, 4.69) is 35.8 Å². The van der Waals surface area contributed by atoms with Crippen LogP contribution in [0.3, 0.4) is 0 Å². The number of aromatic amines is 1. The summed E-state index contributed by atoms with van der Waals surface area (Å²) in [4.78, 5) is 23.9. The highest BCUT2D eigenvalue weighted by Gasteiger charge is 2.30. The van der Waals surface area contributed by atoms with Crippen molar-refractivity contribution in [1.82, 2.24) is 35.2 Å². The molecule has 140 valence electrons. The molecule has 1 aliphatic carbocycles. The van der Waals surface area contributed by atoms with E-state index in [0.717, 1.165) is 29.6 Å². The van der Waals surface area contributed by atoms with Gasteiger partial charge in [0.05, 0.1) is 0 Å². The molecular formula is C18H15ClN8O. The van der Waals surface area contributed by atoms with Crippen LogP contribution in [0.15, 0.2) is 41.3 Å². The highest BCUT2D eigenvalue weighted by Crippen LogP contribution is 2.38. The Morgan fingerprint density at radius 3 is 3.00 bits per heavy atom. The standard InChI is InChI=1S/C18H15ClN8O/c19-13-3-4-14-11(8-13)7-12(17(28)22-14)9-21-18-20-6-5-15(23-18)27-16(10-1-2-10)24-25-26-27/h3-8,10H,1-2,9H2,(H,22,28)(H,20,21,23). The van der Waals surface area contributed by atoms with Gasteiger partial charge < -0.3 is 10.3 Å². The van der Waals surface area contributed by atoms with Crippen molar-refractivity contribution >= 4 is 28.5 Å². The number of hydrogen-bond acceptors (Lipinski definition) is 7. The van der Waals surface area contributed by atoms with Crippen LogP contribution in [0.4, 0.5) is 5.95 Å². The van der Waals surface area contributed by atoms with E-state index in [0.29, 0.717) is 28.3 Å². The molecule has 1 aromatic carbocycles. The molecule has 28 heavy (non-hydrogen) atoms. The molecule has 5 rings (SSSR count). The van der Waals surface area contributed by atoms with E-state index in [1.54, 1.807) is 29.1 Å². The van der Waals surface area contributed by atoms with Gasteiger partial charge >= 0.3 is 0 Å². The Morgan fingerprint density at radius 1 is 1.25 bits per heavy atom. The first-order chi connectivity index (χ1) is 13.7. The first kappa shape index (κ1) is 16.8. The first-order valence-electron chi connectivity index (χ1n) is 8.84. The molecular weight excluding hydrogens is 380 g/mol. The van der Waals surface area contributed by atoms with Gasteiger partial charge in [0.25, 0.3) is 5.56 Å². The summed E-state index contributed by atoms with van der Waals surface area (Å²) in [5.41, 5.74) is 1.13. The number of pyridine rings is 1. The van der Waals surface area contributed by atoms with Crippen LogP contribution in [0.25, 0.3) is 16.7 Å². The normalized spacial score (nSPS) is 13.8. The Kier molecular flexibility index (Phi) is 4.01. The number of nitrogens with zero attached hydrogens (tertiary/aromatic N) is 6. The molecule has 0 saturated heterocycles. The summed E-state index contributed by atoms with van der Waals surface area (Å²) in [6, 6.07) is 8.89. The topological polar surface area (TPSA) is 114 Å². The lowest BCUT2D eigenvalue weighted by Crippen LogP contribution is -2.16. The highest BCUT2D eigenvalue weighted by atomic mass is 35.5. The van der Waals surface area contributed by atoms with E-state index in [1.807, 2.05) is 12.1 Å². The molecule has 0 bridgehead atoms. The molecule has 0 radical (unpaired) electrons. The SMILES string of the molecule is O=c1[nH]c2ccc(Cl)cc2cc1CNc1nccc(-n2nnnc2C2CC2)n1. The number of rotatable bonds is 5. The zero-order valence-electron chi connectivity index (χ0n) is 14.6. The van der Waals surface area contributed by atoms with Gasteiger partial charge in [0.15, 0.2) is 11.6 Å². The van der Waals surface area contributed by atoms with Gasteiger partial charge in [-0.3, -0.25) is 4.79 Å². The number of aromatic nitrogens is 7. The average molecular weight is 395 g/mol. The molecule has 4 aromatic rings. The van der Waals surface area contributed by atoms with Crippen molar-refractivity contribution in [2.24, 2.45) is 0 Å². The lowest BCUT2D eigenvalue weighted by atomic mass is 10.1. The number of fused-ring (bicyclic) bond motifs is 1. The number of halogens is 1. The number of H-pyrrole nitrogens is 1. The zero-order chi connectivity index (χ0) is 19.1. The van der Waals surface area contributed by atoms with Gasteiger partial charge in [0.1, 0.15) is 0 Å². The minimum absolute atomic E-state index is 0.171. The fourth-order valence-electron chi connectivity index (χ4n) is 3.03. The van der Waals surface area contributed by atoms with E-state index in [1.165, 1.54) is 0 Å². The summed E-state index contributed by atoms with van der Waals surface area (Å²) in [7, 11) is 0. The Hall–Kier alpha value is -3.33. The largest absolute Gasteiger partial charge is 0.350 e. The van der Waals surface area contributed by atoms with Crippen molar-refractivity contribution in [2.45, 2.75) is 25.3 Å². The second-order valence-electron chi connectivity index (χ2n) is 6.67. The van der Waals surface area contributed by atoms with Crippen LogP contribution in [-0.2, 0) is 6.54 Å².